The molecule has 0 aromatic carbocycles. The van der Waals surface area contributed by atoms with E-state index < -0.39 is 5.54 Å². The van der Waals surface area contributed by atoms with Crippen LogP contribution >= 0.6 is 0 Å². The molecule has 5 nitrogen and oxygen atoms in total. The van der Waals surface area contributed by atoms with Crippen LogP contribution in [0.5, 0.6) is 0 Å². The minimum Gasteiger partial charge on any atom is -0.353 e. The molecule has 2 aliphatic carbocycles. The molecule has 5 heteroatoms. The highest BCUT2D eigenvalue weighted by Gasteiger charge is 2.46. The predicted octanol–water partition coefficient (Wildman–Crippen LogP) is 3.29. The largest absolute Gasteiger partial charge is 0.353 e. The number of aryl methyl sites for hydroxylation is 2. The standard InChI is InChI=1S/C21H31N3O2/c1-14-8-9-17(23-16(14)3)18(25)24-21(10-6-5-7-15(21)2)13-22-19(26)20(4)11-12-20/h8-9,15H,5-7,10-13H2,1-4H3,(H,22,26)(H,24,25). The van der Waals surface area contributed by atoms with Crippen LogP contribution in [0, 0.1) is 25.2 Å². The van der Waals surface area contributed by atoms with Gasteiger partial charge in [0.25, 0.3) is 5.91 Å². The predicted molar refractivity (Wildman–Crippen MR) is 102 cm³/mol. The smallest absolute Gasteiger partial charge is 0.270 e. The zero-order valence-electron chi connectivity index (χ0n) is 16.4. The number of hydrogen-bond acceptors (Lipinski definition) is 3. The van der Waals surface area contributed by atoms with Crippen molar-refractivity contribution in [2.24, 2.45) is 11.3 Å². The van der Waals surface area contributed by atoms with Crippen molar-refractivity contribution in [1.29, 1.82) is 0 Å². The maximum Gasteiger partial charge on any atom is 0.270 e. The Bertz CT molecular complexity index is 711. The molecule has 2 unspecified atom stereocenters. The Balaban J connectivity index is 1.75. The molecule has 0 spiro atoms. The van der Waals surface area contributed by atoms with Crippen LogP contribution in [0.2, 0.25) is 0 Å². The first-order valence-corrected chi connectivity index (χ1v) is 9.81. The van der Waals surface area contributed by atoms with Gasteiger partial charge in [0.2, 0.25) is 5.91 Å². The summed E-state index contributed by atoms with van der Waals surface area (Å²) < 4.78 is 0. The molecule has 26 heavy (non-hydrogen) atoms. The van der Waals surface area contributed by atoms with Gasteiger partial charge in [-0.05, 0) is 57.1 Å². The number of aromatic nitrogens is 1. The quantitative estimate of drug-likeness (QED) is 0.849. The van der Waals surface area contributed by atoms with E-state index in [2.05, 4.69) is 22.5 Å². The third-order valence-electron chi connectivity index (χ3n) is 6.51. The van der Waals surface area contributed by atoms with Crippen molar-refractivity contribution >= 4 is 11.8 Å². The Hall–Kier alpha value is -1.91. The van der Waals surface area contributed by atoms with Crippen molar-refractivity contribution in [1.82, 2.24) is 15.6 Å². The molecule has 2 amide bonds. The summed E-state index contributed by atoms with van der Waals surface area (Å²) >= 11 is 0. The van der Waals surface area contributed by atoms with Gasteiger partial charge in [-0.2, -0.15) is 0 Å². The summed E-state index contributed by atoms with van der Waals surface area (Å²) in [6.45, 7) is 8.60. The van der Waals surface area contributed by atoms with Gasteiger partial charge in [0.05, 0.1) is 5.54 Å². The normalized spacial score (nSPS) is 26.8. The molecule has 3 rings (SSSR count). The van der Waals surface area contributed by atoms with Crippen LogP contribution in [0.4, 0.5) is 0 Å². The molecule has 0 bridgehead atoms. The zero-order chi connectivity index (χ0) is 18.9. The number of nitrogens with zero attached hydrogens (tertiary/aromatic N) is 1. The first-order chi connectivity index (χ1) is 12.3. The van der Waals surface area contributed by atoms with E-state index in [0.717, 1.165) is 43.4 Å². The first-order valence-electron chi connectivity index (χ1n) is 9.81. The molecule has 2 aliphatic rings. The van der Waals surface area contributed by atoms with E-state index in [4.69, 9.17) is 0 Å². The van der Waals surface area contributed by atoms with Crippen LogP contribution in [-0.4, -0.2) is 28.9 Å². The fraction of sp³-hybridized carbons (Fsp3) is 0.667. The molecule has 2 saturated carbocycles. The number of hydrogen-bond donors (Lipinski definition) is 2. The SMILES string of the molecule is Cc1ccc(C(=O)NC2(CNC(=O)C3(C)CC3)CCCCC2C)nc1C. The van der Waals surface area contributed by atoms with Gasteiger partial charge in [-0.1, -0.05) is 32.8 Å². The minimum atomic E-state index is -0.392. The third kappa shape index (κ3) is 3.76. The highest BCUT2D eigenvalue weighted by molar-refractivity contribution is 5.93. The van der Waals surface area contributed by atoms with Gasteiger partial charge >= 0.3 is 0 Å². The lowest BCUT2D eigenvalue weighted by atomic mass is 9.73. The molecule has 0 aliphatic heterocycles. The van der Waals surface area contributed by atoms with Gasteiger partial charge in [0, 0.05) is 17.7 Å². The lowest BCUT2D eigenvalue weighted by Crippen LogP contribution is -2.61. The maximum atomic E-state index is 12.9. The Kier molecular flexibility index (Phi) is 5.09. The molecule has 1 aromatic heterocycles. The highest BCUT2D eigenvalue weighted by atomic mass is 16.2. The number of nitrogens with one attached hydrogen (secondary N) is 2. The summed E-state index contributed by atoms with van der Waals surface area (Å²) in [5.74, 6) is 0.293. The van der Waals surface area contributed by atoms with Crippen molar-refractivity contribution < 1.29 is 9.59 Å². The van der Waals surface area contributed by atoms with Crippen LogP contribution < -0.4 is 10.6 Å². The fourth-order valence-corrected chi connectivity index (χ4v) is 3.82. The van der Waals surface area contributed by atoms with Crippen LogP contribution in [0.25, 0.3) is 0 Å². The Morgan fingerprint density at radius 2 is 1.92 bits per heavy atom. The van der Waals surface area contributed by atoms with Gasteiger partial charge in [0.1, 0.15) is 5.69 Å². The first kappa shape index (κ1) is 18.9. The monoisotopic (exact) mass is 357 g/mol. The summed E-state index contributed by atoms with van der Waals surface area (Å²) in [4.78, 5) is 29.8. The Morgan fingerprint density at radius 3 is 2.54 bits per heavy atom. The highest BCUT2D eigenvalue weighted by Crippen LogP contribution is 2.45. The second-order valence-corrected chi connectivity index (χ2v) is 8.60. The van der Waals surface area contributed by atoms with Crippen LogP contribution in [0.1, 0.15) is 74.1 Å². The van der Waals surface area contributed by atoms with Crippen molar-refractivity contribution in [3.8, 4) is 0 Å². The molecule has 1 aromatic rings. The average molecular weight is 357 g/mol. The molecule has 2 atom stereocenters. The van der Waals surface area contributed by atoms with Crippen molar-refractivity contribution in [3.05, 3.63) is 29.1 Å². The summed E-state index contributed by atoms with van der Waals surface area (Å²) in [6, 6.07) is 3.71. The van der Waals surface area contributed by atoms with Crippen molar-refractivity contribution in [2.45, 2.75) is 71.8 Å². The number of pyridine rings is 1. The van der Waals surface area contributed by atoms with Crippen molar-refractivity contribution in [3.63, 3.8) is 0 Å². The second kappa shape index (κ2) is 7.01. The van der Waals surface area contributed by atoms with E-state index in [1.807, 2.05) is 26.8 Å². The van der Waals surface area contributed by atoms with Crippen LogP contribution in [-0.2, 0) is 4.79 Å². The molecule has 1 heterocycles. The second-order valence-electron chi connectivity index (χ2n) is 8.60. The summed E-state index contributed by atoms with van der Waals surface area (Å²) in [5, 5.41) is 6.39. The van der Waals surface area contributed by atoms with Gasteiger partial charge in [-0.25, -0.2) is 4.98 Å². The lowest BCUT2D eigenvalue weighted by Gasteiger charge is -2.43. The van der Waals surface area contributed by atoms with Crippen LogP contribution in [0.15, 0.2) is 12.1 Å². The number of amides is 2. The molecule has 2 N–H and O–H groups in total. The molecule has 0 saturated heterocycles. The van der Waals surface area contributed by atoms with Gasteiger partial charge in [0.15, 0.2) is 0 Å². The maximum absolute atomic E-state index is 12.9. The van der Waals surface area contributed by atoms with Gasteiger partial charge in [-0.3, -0.25) is 9.59 Å². The average Bonchev–Trinajstić information content (AvgIpc) is 3.36. The minimum absolute atomic E-state index is 0.119. The van der Waals surface area contributed by atoms with E-state index >= 15 is 0 Å². The van der Waals surface area contributed by atoms with E-state index in [1.54, 1.807) is 6.07 Å². The summed E-state index contributed by atoms with van der Waals surface area (Å²) in [5.41, 5.74) is 1.81. The Morgan fingerprint density at radius 1 is 1.19 bits per heavy atom. The third-order valence-corrected chi connectivity index (χ3v) is 6.51. The van der Waals surface area contributed by atoms with E-state index in [0.29, 0.717) is 18.2 Å². The molecule has 142 valence electrons. The summed E-state index contributed by atoms with van der Waals surface area (Å²) in [6.07, 6.45) is 6.11. The number of rotatable bonds is 5. The molecular formula is C21H31N3O2. The number of carbonyl (C=O) groups excluding carboxylic acids is 2. The van der Waals surface area contributed by atoms with Gasteiger partial charge in [-0.15, -0.1) is 0 Å². The number of carbonyl (C=O) groups is 2. The van der Waals surface area contributed by atoms with Crippen molar-refractivity contribution in [2.75, 3.05) is 6.54 Å². The van der Waals surface area contributed by atoms with E-state index in [9.17, 15) is 9.59 Å². The van der Waals surface area contributed by atoms with Crippen LogP contribution in [0.3, 0.4) is 0 Å². The Labute approximate surface area is 156 Å². The molecule has 2 fully saturated rings. The van der Waals surface area contributed by atoms with E-state index in [1.165, 1.54) is 6.42 Å². The van der Waals surface area contributed by atoms with E-state index in [-0.39, 0.29) is 17.2 Å². The summed E-state index contributed by atoms with van der Waals surface area (Å²) in [7, 11) is 0. The fourth-order valence-electron chi connectivity index (χ4n) is 3.82. The molecular weight excluding hydrogens is 326 g/mol. The lowest BCUT2D eigenvalue weighted by molar-refractivity contribution is -0.126. The molecule has 0 radical (unpaired) electrons. The zero-order valence-corrected chi connectivity index (χ0v) is 16.4. The topological polar surface area (TPSA) is 71.1 Å². The van der Waals surface area contributed by atoms with Gasteiger partial charge < -0.3 is 10.6 Å².